The Balaban J connectivity index is 1.70. The number of unbranched alkanes of at least 4 members (excludes halogenated alkanes) is 1. The number of hydrogen-bond acceptors (Lipinski definition) is 4. The monoisotopic (exact) mass is 434 g/mol. The van der Waals surface area contributed by atoms with Crippen LogP contribution in [0.3, 0.4) is 0 Å². The molecule has 6 nitrogen and oxygen atoms in total. The Labute approximate surface area is 191 Å². The van der Waals surface area contributed by atoms with Crippen molar-refractivity contribution in [3.05, 3.63) is 69.8 Å². The standard InChI is InChI=1S/C26H34N4O2/c1-17-11-13-23(15-19(17)3)21(5)27-29-25(31)9-7-8-10-26(32)30-28-22(6)24-14-12-18(2)20(4)16-24/h11-16H,7-10H2,1-6H3,(H,29,31)(H,30,32). The van der Waals surface area contributed by atoms with Gasteiger partial charge in [0.25, 0.3) is 0 Å². The number of aryl methyl sites for hydroxylation is 4. The second-order valence-electron chi connectivity index (χ2n) is 8.27. The number of rotatable bonds is 9. The SMILES string of the molecule is CC(=NNC(=O)CCCCC(=O)NN=C(C)c1ccc(C)c(C)c1)c1ccc(C)c(C)c1. The van der Waals surface area contributed by atoms with Crippen molar-refractivity contribution in [2.75, 3.05) is 0 Å². The summed E-state index contributed by atoms with van der Waals surface area (Å²) in [5, 5.41) is 8.38. The summed E-state index contributed by atoms with van der Waals surface area (Å²) in [7, 11) is 0. The van der Waals surface area contributed by atoms with Gasteiger partial charge < -0.3 is 0 Å². The fraction of sp³-hybridized carbons (Fsp3) is 0.385. The molecule has 0 heterocycles. The van der Waals surface area contributed by atoms with Gasteiger partial charge in [0.2, 0.25) is 11.8 Å². The zero-order chi connectivity index (χ0) is 23.7. The van der Waals surface area contributed by atoms with Crippen LogP contribution in [0.15, 0.2) is 46.6 Å². The van der Waals surface area contributed by atoms with E-state index in [1.165, 1.54) is 22.3 Å². The molecule has 0 aliphatic rings. The lowest BCUT2D eigenvalue weighted by Crippen LogP contribution is -2.20. The first kappa shape index (κ1) is 25.0. The molecule has 0 spiro atoms. The minimum atomic E-state index is -0.155. The van der Waals surface area contributed by atoms with Crippen molar-refractivity contribution < 1.29 is 9.59 Å². The van der Waals surface area contributed by atoms with Crippen LogP contribution >= 0.6 is 0 Å². The second-order valence-corrected chi connectivity index (χ2v) is 8.27. The second kappa shape index (κ2) is 11.9. The number of carbonyl (C=O) groups is 2. The number of carbonyl (C=O) groups excluding carboxylic acids is 2. The Morgan fingerprint density at radius 2 is 1.03 bits per heavy atom. The molecule has 0 saturated carbocycles. The van der Waals surface area contributed by atoms with Gasteiger partial charge >= 0.3 is 0 Å². The predicted octanol–water partition coefficient (Wildman–Crippen LogP) is 4.86. The van der Waals surface area contributed by atoms with Crippen LogP contribution in [0, 0.1) is 27.7 Å². The molecular weight excluding hydrogens is 400 g/mol. The zero-order valence-electron chi connectivity index (χ0n) is 20.0. The summed E-state index contributed by atoms with van der Waals surface area (Å²) in [6, 6.07) is 12.2. The number of nitrogens with zero attached hydrogens (tertiary/aromatic N) is 2. The largest absolute Gasteiger partial charge is 0.273 e. The van der Waals surface area contributed by atoms with Crippen LogP contribution in [0.4, 0.5) is 0 Å². The van der Waals surface area contributed by atoms with Crippen LogP contribution < -0.4 is 10.9 Å². The Morgan fingerprint density at radius 3 is 1.38 bits per heavy atom. The molecule has 0 radical (unpaired) electrons. The first-order chi connectivity index (χ1) is 15.2. The highest BCUT2D eigenvalue weighted by Gasteiger charge is 2.06. The van der Waals surface area contributed by atoms with E-state index in [9.17, 15) is 9.59 Å². The van der Waals surface area contributed by atoms with E-state index in [-0.39, 0.29) is 11.8 Å². The predicted molar refractivity (Wildman–Crippen MR) is 131 cm³/mol. The summed E-state index contributed by atoms with van der Waals surface area (Å²) >= 11 is 0. The maximum atomic E-state index is 12.0. The topological polar surface area (TPSA) is 82.9 Å². The lowest BCUT2D eigenvalue weighted by molar-refractivity contribution is -0.123. The van der Waals surface area contributed by atoms with Gasteiger partial charge in [-0.1, -0.05) is 24.3 Å². The molecule has 0 aliphatic carbocycles. The maximum absolute atomic E-state index is 12.0. The van der Waals surface area contributed by atoms with E-state index in [0.29, 0.717) is 25.7 Å². The van der Waals surface area contributed by atoms with Crippen molar-refractivity contribution >= 4 is 23.2 Å². The Bertz CT molecular complexity index is 955. The molecule has 0 bridgehead atoms. The number of hydrazone groups is 2. The van der Waals surface area contributed by atoms with Crippen LogP contribution in [-0.2, 0) is 9.59 Å². The first-order valence-corrected chi connectivity index (χ1v) is 11.0. The number of nitrogens with one attached hydrogen (secondary N) is 2. The van der Waals surface area contributed by atoms with E-state index in [4.69, 9.17) is 0 Å². The third-order valence-corrected chi connectivity index (χ3v) is 5.60. The summed E-state index contributed by atoms with van der Waals surface area (Å²) in [6.45, 7) is 12.0. The molecule has 2 aromatic carbocycles. The number of hydrogen-bond donors (Lipinski definition) is 2. The van der Waals surface area contributed by atoms with E-state index in [2.05, 4.69) is 60.9 Å². The van der Waals surface area contributed by atoms with Gasteiger partial charge in [-0.2, -0.15) is 10.2 Å². The summed E-state index contributed by atoms with van der Waals surface area (Å²) in [6.07, 6.45) is 1.86. The normalized spacial score (nSPS) is 11.9. The van der Waals surface area contributed by atoms with E-state index in [0.717, 1.165) is 22.6 Å². The summed E-state index contributed by atoms with van der Waals surface area (Å²) in [5.74, 6) is -0.311. The van der Waals surface area contributed by atoms with Crippen LogP contribution in [-0.4, -0.2) is 23.2 Å². The minimum Gasteiger partial charge on any atom is -0.273 e. The van der Waals surface area contributed by atoms with Crippen molar-refractivity contribution in [3.8, 4) is 0 Å². The smallest absolute Gasteiger partial charge is 0.240 e. The summed E-state index contributed by atoms with van der Waals surface area (Å²) < 4.78 is 0. The Hall–Kier alpha value is -3.28. The summed E-state index contributed by atoms with van der Waals surface area (Å²) in [4.78, 5) is 24.1. The molecule has 0 aromatic heterocycles. The average Bonchev–Trinajstić information content (AvgIpc) is 2.77. The molecule has 0 atom stereocenters. The van der Waals surface area contributed by atoms with E-state index in [1.54, 1.807) is 0 Å². The molecule has 2 aromatic rings. The van der Waals surface area contributed by atoms with Gasteiger partial charge in [0, 0.05) is 12.8 Å². The molecule has 2 N–H and O–H groups in total. The quantitative estimate of drug-likeness (QED) is 0.336. The van der Waals surface area contributed by atoms with Crippen molar-refractivity contribution in [3.63, 3.8) is 0 Å². The van der Waals surface area contributed by atoms with Crippen LogP contribution in [0.1, 0.15) is 72.9 Å². The van der Waals surface area contributed by atoms with Gasteiger partial charge in [-0.15, -0.1) is 0 Å². The van der Waals surface area contributed by atoms with Gasteiger partial charge in [0.1, 0.15) is 0 Å². The van der Waals surface area contributed by atoms with E-state index < -0.39 is 0 Å². The first-order valence-electron chi connectivity index (χ1n) is 11.0. The molecule has 0 unspecified atom stereocenters. The van der Waals surface area contributed by atoms with Crippen LogP contribution in [0.2, 0.25) is 0 Å². The molecule has 32 heavy (non-hydrogen) atoms. The highest BCUT2D eigenvalue weighted by Crippen LogP contribution is 2.11. The summed E-state index contributed by atoms with van der Waals surface area (Å²) in [5.41, 5.74) is 13.5. The third kappa shape index (κ3) is 7.76. The molecule has 0 saturated heterocycles. The van der Waals surface area contributed by atoms with Crippen LogP contribution in [0.25, 0.3) is 0 Å². The average molecular weight is 435 g/mol. The lowest BCUT2D eigenvalue weighted by Gasteiger charge is -2.06. The van der Waals surface area contributed by atoms with Crippen LogP contribution in [0.5, 0.6) is 0 Å². The van der Waals surface area contributed by atoms with Crippen molar-refractivity contribution in [2.45, 2.75) is 67.2 Å². The molecule has 0 aliphatic heterocycles. The van der Waals surface area contributed by atoms with Gasteiger partial charge in [-0.05, 0) is 99.9 Å². The Kier molecular flexibility index (Phi) is 9.32. The van der Waals surface area contributed by atoms with E-state index in [1.807, 2.05) is 38.1 Å². The highest BCUT2D eigenvalue weighted by atomic mass is 16.2. The van der Waals surface area contributed by atoms with Crippen molar-refractivity contribution in [2.24, 2.45) is 10.2 Å². The fourth-order valence-electron chi connectivity index (χ4n) is 3.04. The molecule has 2 rings (SSSR count). The molecule has 6 heteroatoms. The lowest BCUT2D eigenvalue weighted by atomic mass is 10.0. The molecule has 170 valence electrons. The number of benzene rings is 2. The van der Waals surface area contributed by atoms with Crippen molar-refractivity contribution in [1.82, 2.24) is 10.9 Å². The molecular formula is C26H34N4O2. The maximum Gasteiger partial charge on any atom is 0.240 e. The number of amides is 2. The van der Waals surface area contributed by atoms with Crippen molar-refractivity contribution in [1.29, 1.82) is 0 Å². The zero-order valence-corrected chi connectivity index (χ0v) is 20.0. The highest BCUT2D eigenvalue weighted by molar-refractivity contribution is 6.00. The van der Waals surface area contributed by atoms with Gasteiger partial charge in [0.15, 0.2) is 0 Å². The van der Waals surface area contributed by atoms with Gasteiger partial charge in [-0.25, -0.2) is 10.9 Å². The van der Waals surface area contributed by atoms with Gasteiger partial charge in [0.05, 0.1) is 11.4 Å². The minimum absolute atomic E-state index is 0.155. The Morgan fingerprint density at radius 1 is 0.656 bits per heavy atom. The molecule has 2 amide bonds. The fourth-order valence-corrected chi connectivity index (χ4v) is 3.04. The van der Waals surface area contributed by atoms with E-state index >= 15 is 0 Å². The molecule has 0 fully saturated rings. The third-order valence-electron chi connectivity index (χ3n) is 5.60. The van der Waals surface area contributed by atoms with Gasteiger partial charge in [-0.3, -0.25) is 9.59 Å².